The predicted octanol–water partition coefficient (Wildman–Crippen LogP) is 2.60. The average Bonchev–Trinajstić information content (AvgIpc) is 2.86. The van der Waals surface area contributed by atoms with Gasteiger partial charge >= 0.3 is 0 Å². The van der Waals surface area contributed by atoms with Crippen LogP contribution in [0.4, 0.5) is 0 Å². The summed E-state index contributed by atoms with van der Waals surface area (Å²) in [6.07, 6.45) is 7.20. The average molecular weight is 332 g/mol. The van der Waals surface area contributed by atoms with Gasteiger partial charge in [-0.1, -0.05) is 25.0 Å². The van der Waals surface area contributed by atoms with Gasteiger partial charge in [0.25, 0.3) is 5.91 Å². The van der Waals surface area contributed by atoms with Crippen LogP contribution in [0, 0.1) is 0 Å². The minimum Gasteiger partial charge on any atom is -0.355 e. The predicted molar refractivity (Wildman–Crippen MR) is 92.8 cm³/mol. The van der Waals surface area contributed by atoms with E-state index in [9.17, 15) is 4.79 Å². The van der Waals surface area contributed by atoms with Crippen molar-refractivity contribution in [3.63, 3.8) is 0 Å². The zero-order valence-corrected chi connectivity index (χ0v) is 14.5. The largest absolute Gasteiger partial charge is 0.355 e. The summed E-state index contributed by atoms with van der Waals surface area (Å²) < 4.78 is 12.3. The van der Waals surface area contributed by atoms with E-state index >= 15 is 0 Å². The fourth-order valence-corrected chi connectivity index (χ4v) is 3.54. The Hall–Kier alpha value is -1.43. The zero-order valence-electron chi connectivity index (χ0n) is 14.5. The molecule has 1 aliphatic heterocycles. The lowest BCUT2D eigenvalue weighted by Gasteiger charge is -2.26. The molecule has 1 saturated heterocycles. The van der Waals surface area contributed by atoms with E-state index in [2.05, 4.69) is 10.6 Å². The van der Waals surface area contributed by atoms with Gasteiger partial charge in [0.15, 0.2) is 5.79 Å². The maximum Gasteiger partial charge on any atom is 0.251 e. The number of benzene rings is 1. The summed E-state index contributed by atoms with van der Waals surface area (Å²) in [7, 11) is 1.64. The number of carbonyl (C=O) groups is 1. The Morgan fingerprint density at radius 3 is 2.54 bits per heavy atom. The number of carbonyl (C=O) groups excluding carboxylic acids is 1. The van der Waals surface area contributed by atoms with Crippen LogP contribution in [-0.2, 0) is 16.0 Å². The van der Waals surface area contributed by atoms with Crippen molar-refractivity contribution in [3.05, 3.63) is 35.4 Å². The van der Waals surface area contributed by atoms with Crippen molar-refractivity contribution in [3.8, 4) is 0 Å². The van der Waals surface area contributed by atoms with Crippen LogP contribution in [0.25, 0.3) is 0 Å². The summed E-state index contributed by atoms with van der Waals surface area (Å²) >= 11 is 0. The molecule has 5 nitrogen and oxygen atoms in total. The Balaban J connectivity index is 1.43. The molecule has 1 aromatic carbocycles. The highest BCUT2D eigenvalue weighted by molar-refractivity contribution is 5.93. The minimum atomic E-state index is -0.308. The molecule has 1 aromatic rings. The Kier molecular flexibility index (Phi) is 5.87. The molecule has 1 aliphatic carbocycles. The normalized spacial score (nSPS) is 23.1. The first-order chi connectivity index (χ1) is 11.7. The van der Waals surface area contributed by atoms with Gasteiger partial charge in [-0.3, -0.25) is 4.79 Å². The molecule has 0 bridgehead atoms. The van der Waals surface area contributed by atoms with Crippen molar-refractivity contribution in [2.45, 2.75) is 57.0 Å². The smallest absolute Gasteiger partial charge is 0.251 e. The molecule has 2 N–H and O–H groups in total. The maximum atomic E-state index is 11.5. The highest BCUT2D eigenvalue weighted by atomic mass is 16.7. The zero-order chi connectivity index (χ0) is 16.8. The summed E-state index contributed by atoms with van der Waals surface area (Å²) in [6, 6.07) is 7.67. The van der Waals surface area contributed by atoms with Gasteiger partial charge in [0.2, 0.25) is 0 Å². The molecule has 5 heteroatoms. The second kappa shape index (κ2) is 8.10. The van der Waals surface area contributed by atoms with Gasteiger partial charge in [-0.15, -0.1) is 0 Å². The van der Waals surface area contributed by atoms with Crippen LogP contribution >= 0.6 is 0 Å². The summed E-state index contributed by atoms with van der Waals surface area (Å²) in [5, 5.41) is 6.07. The molecule has 2 fully saturated rings. The van der Waals surface area contributed by atoms with E-state index in [1.165, 1.54) is 25.7 Å². The number of rotatable bonds is 5. The standard InChI is InChI=1S/C19H28N2O3/c1-20-18(22)16-8-6-15(7-9-16)12-21-13-17-14-23-19(24-17)10-4-2-3-5-11-19/h6-9,17,21H,2-5,10-14H2,1H3,(H,20,22)/t17-/m1/s1. The van der Waals surface area contributed by atoms with Crippen LogP contribution in [0.1, 0.15) is 54.4 Å². The molecule has 1 spiro atoms. The van der Waals surface area contributed by atoms with Crippen LogP contribution in [-0.4, -0.2) is 38.0 Å². The van der Waals surface area contributed by atoms with E-state index in [0.29, 0.717) is 12.2 Å². The molecule has 0 unspecified atom stereocenters. The van der Waals surface area contributed by atoms with Crippen LogP contribution in [0.3, 0.4) is 0 Å². The summed E-state index contributed by atoms with van der Waals surface area (Å²) in [4.78, 5) is 11.5. The van der Waals surface area contributed by atoms with Gasteiger partial charge in [0.1, 0.15) is 0 Å². The van der Waals surface area contributed by atoms with Gasteiger partial charge in [-0.2, -0.15) is 0 Å². The first kappa shape index (κ1) is 17.4. The fourth-order valence-electron chi connectivity index (χ4n) is 3.54. The Labute approximate surface area is 144 Å². The number of nitrogens with one attached hydrogen (secondary N) is 2. The third-order valence-electron chi connectivity index (χ3n) is 4.92. The van der Waals surface area contributed by atoms with E-state index < -0.39 is 0 Å². The lowest BCUT2D eigenvalue weighted by atomic mass is 10.1. The highest BCUT2D eigenvalue weighted by Gasteiger charge is 2.41. The second-order valence-electron chi connectivity index (χ2n) is 6.78. The van der Waals surface area contributed by atoms with Crippen molar-refractivity contribution in [2.75, 3.05) is 20.2 Å². The highest BCUT2D eigenvalue weighted by Crippen LogP contribution is 2.36. The lowest BCUT2D eigenvalue weighted by Crippen LogP contribution is -2.33. The van der Waals surface area contributed by atoms with Crippen molar-refractivity contribution >= 4 is 5.91 Å². The molecule has 0 radical (unpaired) electrons. The summed E-state index contributed by atoms with van der Waals surface area (Å²) in [5.41, 5.74) is 1.84. The minimum absolute atomic E-state index is 0.0558. The maximum absolute atomic E-state index is 11.5. The molecule has 132 valence electrons. The number of hydrogen-bond donors (Lipinski definition) is 2. The first-order valence-corrected chi connectivity index (χ1v) is 9.04. The SMILES string of the molecule is CNC(=O)c1ccc(CNC[C@@H]2COC3(CCCCCC3)O2)cc1. The Morgan fingerprint density at radius 1 is 1.17 bits per heavy atom. The van der Waals surface area contributed by atoms with Gasteiger partial charge in [-0.25, -0.2) is 0 Å². The van der Waals surface area contributed by atoms with E-state index in [0.717, 1.165) is 31.5 Å². The number of hydrogen-bond acceptors (Lipinski definition) is 4. The molecule has 1 atom stereocenters. The van der Waals surface area contributed by atoms with Crippen LogP contribution in [0.5, 0.6) is 0 Å². The molecule has 1 amide bonds. The molecule has 24 heavy (non-hydrogen) atoms. The van der Waals surface area contributed by atoms with Crippen LogP contribution < -0.4 is 10.6 Å². The summed E-state index contributed by atoms with van der Waals surface area (Å²) in [5.74, 6) is -0.363. The Morgan fingerprint density at radius 2 is 1.88 bits per heavy atom. The van der Waals surface area contributed by atoms with Crippen molar-refractivity contribution < 1.29 is 14.3 Å². The van der Waals surface area contributed by atoms with Crippen LogP contribution in [0.2, 0.25) is 0 Å². The molecule has 1 saturated carbocycles. The van der Waals surface area contributed by atoms with E-state index in [4.69, 9.17) is 9.47 Å². The van der Waals surface area contributed by atoms with Gasteiger partial charge in [0, 0.05) is 38.5 Å². The third-order valence-corrected chi connectivity index (χ3v) is 4.92. The van der Waals surface area contributed by atoms with Gasteiger partial charge in [0.05, 0.1) is 12.7 Å². The van der Waals surface area contributed by atoms with Crippen molar-refractivity contribution in [2.24, 2.45) is 0 Å². The Bertz CT molecular complexity index is 536. The fraction of sp³-hybridized carbons (Fsp3) is 0.632. The van der Waals surface area contributed by atoms with Crippen LogP contribution in [0.15, 0.2) is 24.3 Å². The van der Waals surface area contributed by atoms with Crippen molar-refractivity contribution in [1.82, 2.24) is 10.6 Å². The monoisotopic (exact) mass is 332 g/mol. The van der Waals surface area contributed by atoms with E-state index in [1.54, 1.807) is 7.05 Å². The van der Waals surface area contributed by atoms with E-state index in [-0.39, 0.29) is 17.8 Å². The lowest BCUT2D eigenvalue weighted by molar-refractivity contribution is -0.175. The molecule has 0 aromatic heterocycles. The third kappa shape index (κ3) is 4.35. The molecule has 1 heterocycles. The molecule has 3 rings (SSSR count). The second-order valence-corrected chi connectivity index (χ2v) is 6.78. The van der Waals surface area contributed by atoms with Gasteiger partial charge in [-0.05, 0) is 30.5 Å². The van der Waals surface area contributed by atoms with Crippen molar-refractivity contribution in [1.29, 1.82) is 0 Å². The first-order valence-electron chi connectivity index (χ1n) is 9.04. The quantitative estimate of drug-likeness (QED) is 0.870. The topological polar surface area (TPSA) is 59.6 Å². The molecular weight excluding hydrogens is 304 g/mol. The molecular formula is C19H28N2O3. The number of ether oxygens (including phenoxy) is 2. The van der Waals surface area contributed by atoms with Gasteiger partial charge < -0.3 is 20.1 Å². The summed E-state index contributed by atoms with van der Waals surface area (Å²) in [6.45, 7) is 2.24. The number of amides is 1. The van der Waals surface area contributed by atoms with E-state index in [1.807, 2.05) is 24.3 Å². The molecule has 2 aliphatic rings.